The average Bonchev–Trinajstić information content (AvgIpc) is 2.76. The van der Waals surface area contributed by atoms with E-state index < -0.39 is 29.4 Å². The highest BCUT2D eigenvalue weighted by molar-refractivity contribution is 5.99. The van der Waals surface area contributed by atoms with Gasteiger partial charge >= 0.3 is 6.18 Å². The SMILES string of the molecule is O=C(NCCNC(=O)c1cccnc1Nc1cccc(F)c1)c1ccc(C(F)(F)F)cc1. The zero-order valence-corrected chi connectivity index (χ0v) is 16.5. The predicted molar refractivity (Wildman–Crippen MR) is 110 cm³/mol. The minimum absolute atomic E-state index is 0.0541. The Kier molecular flexibility index (Phi) is 7.04. The van der Waals surface area contributed by atoms with Gasteiger partial charge in [0, 0.05) is 30.5 Å². The van der Waals surface area contributed by atoms with Gasteiger partial charge in [-0.3, -0.25) is 9.59 Å². The maximum atomic E-state index is 13.4. The number of anilines is 2. The Morgan fingerprint density at radius 3 is 2.22 bits per heavy atom. The van der Waals surface area contributed by atoms with Crippen LogP contribution in [-0.2, 0) is 6.18 Å². The summed E-state index contributed by atoms with van der Waals surface area (Å²) in [6.07, 6.45) is -3.00. The molecule has 1 aromatic heterocycles. The molecule has 3 N–H and O–H groups in total. The molecule has 6 nitrogen and oxygen atoms in total. The molecule has 0 radical (unpaired) electrons. The molecule has 0 unspecified atom stereocenters. The minimum atomic E-state index is -4.48. The average molecular weight is 446 g/mol. The minimum Gasteiger partial charge on any atom is -0.350 e. The van der Waals surface area contributed by atoms with E-state index >= 15 is 0 Å². The molecule has 0 fully saturated rings. The van der Waals surface area contributed by atoms with E-state index in [1.165, 1.54) is 30.5 Å². The van der Waals surface area contributed by atoms with Crippen LogP contribution in [0, 0.1) is 5.82 Å². The number of pyridine rings is 1. The number of halogens is 4. The first kappa shape index (κ1) is 22.7. The fraction of sp³-hybridized carbons (Fsp3) is 0.136. The number of carbonyl (C=O) groups excluding carboxylic acids is 2. The van der Waals surface area contributed by atoms with Crippen molar-refractivity contribution in [1.29, 1.82) is 0 Å². The van der Waals surface area contributed by atoms with Gasteiger partial charge in [0.2, 0.25) is 0 Å². The van der Waals surface area contributed by atoms with Crippen LogP contribution >= 0.6 is 0 Å². The maximum Gasteiger partial charge on any atom is 0.416 e. The highest BCUT2D eigenvalue weighted by atomic mass is 19.4. The molecule has 3 rings (SSSR count). The van der Waals surface area contributed by atoms with Gasteiger partial charge in [-0.25, -0.2) is 9.37 Å². The van der Waals surface area contributed by atoms with Crippen LogP contribution in [0.15, 0.2) is 66.9 Å². The standard InChI is InChI=1S/C22H18F4N4O2/c23-16-3-1-4-17(13-16)30-19-18(5-2-10-27-19)21(32)29-12-11-28-20(31)14-6-8-15(9-7-14)22(24,25)26/h1-10,13H,11-12H2,(H,27,30)(H,28,31)(H,29,32). The van der Waals surface area contributed by atoms with Crippen molar-refractivity contribution in [2.75, 3.05) is 18.4 Å². The third kappa shape index (κ3) is 6.03. The van der Waals surface area contributed by atoms with Gasteiger partial charge in [-0.05, 0) is 54.6 Å². The van der Waals surface area contributed by atoms with E-state index in [4.69, 9.17) is 0 Å². The normalized spacial score (nSPS) is 11.0. The Bertz CT molecular complexity index is 1100. The fourth-order valence-electron chi connectivity index (χ4n) is 2.75. The van der Waals surface area contributed by atoms with Crippen molar-refractivity contribution in [1.82, 2.24) is 15.6 Å². The second-order valence-corrected chi connectivity index (χ2v) is 6.62. The molecule has 0 bridgehead atoms. The lowest BCUT2D eigenvalue weighted by Crippen LogP contribution is -2.35. The third-order valence-corrected chi connectivity index (χ3v) is 4.31. The summed E-state index contributed by atoms with van der Waals surface area (Å²) < 4.78 is 51.1. The lowest BCUT2D eigenvalue weighted by Gasteiger charge is -2.12. The Labute approximate surface area is 180 Å². The number of rotatable bonds is 7. The van der Waals surface area contributed by atoms with Crippen molar-refractivity contribution in [3.05, 3.63) is 89.4 Å². The summed E-state index contributed by atoms with van der Waals surface area (Å²) in [4.78, 5) is 28.6. The van der Waals surface area contributed by atoms with E-state index in [0.29, 0.717) is 5.69 Å². The van der Waals surface area contributed by atoms with Gasteiger partial charge in [0.05, 0.1) is 11.1 Å². The molecule has 3 aromatic rings. The number of nitrogens with one attached hydrogen (secondary N) is 3. The summed E-state index contributed by atoms with van der Waals surface area (Å²) in [5.74, 6) is -1.26. The van der Waals surface area contributed by atoms with Crippen LogP contribution in [0.25, 0.3) is 0 Å². The summed E-state index contributed by atoms with van der Waals surface area (Å²) in [7, 11) is 0. The predicted octanol–water partition coefficient (Wildman–Crippen LogP) is 4.14. The second-order valence-electron chi connectivity index (χ2n) is 6.62. The van der Waals surface area contributed by atoms with Crippen molar-refractivity contribution in [2.45, 2.75) is 6.18 Å². The van der Waals surface area contributed by atoms with Crippen molar-refractivity contribution < 1.29 is 27.2 Å². The Hall–Kier alpha value is -3.95. The molecule has 0 spiro atoms. The number of aromatic nitrogens is 1. The number of carbonyl (C=O) groups is 2. The molecule has 0 atom stereocenters. The summed E-state index contributed by atoms with van der Waals surface area (Å²) in [5.41, 5.74) is -0.147. The van der Waals surface area contributed by atoms with E-state index in [1.54, 1.807) is 12.1 Å². The summed E-state index contributed by atoms with van der Waals surface area (Å²) in [5, 5.41) is 8.01. The van der Waals surface area contributed by atoms with Crippen LogP contribution in [0.5, 0.6) is 0 Å². The van der Waals surface area contributed by atoms with Crippen LogP contribution in [0.3, 0.4) is 0 Å². The molecule has 2 amide bonds. The van der Waals surface area contributed by atoms with Crippen LogP contribution in [0.2, 0.25) is 0 Å². The third-order valence-electron chi connectivity index (χ3n) is 4.31. The van der Waals surface area contributed by atoms with Crippen molar-refractivity contribution in [3.63, 3.8) is 0 Å². The number of nitrogens with zero attached hydrogens (tertiary/aromatic N) is 1. The van der Waals surface area contributed by atoms with Gasteiger partial charge in [-0.2, -0.15) is 13.2 Å². The molecule has 0 saturated carbocycles. The second kappa shape index (κ2) is 9.90. The molecular weight excluding hydrogens is 428 g/mol. The first-order chi connectivity index (χ1) is 15.2. The Morgan fingerprint density at radius 2 is 1.56 bits per heavy atom. The topological polar surface area (TPSA) is 83.1 Å². The number of hydrogen-bond donors (Lipinski definition) is 3. The zero-order valence-electron chi connectivity index (χ0n) is 16.5. The lowest BCUT2D eigenvalue weighted by atomic mass is 10.1. The van der Waals surface area contributed by atoms with Gasteiger partial charge in [-0.1, -0.05) is 6.07 Å². The van der Waals surface area contributed by atoms with Crippen LogP contribution in [-0.4, -0.2) is 29.9 Å². The molecule has 2 aromatic carbocycles. The summed E-state index contributed by atoms with van der Waals surface area (Å²) in [6.45, 7) is 0.123. The Balaban J connectivity index is 1.52. The smallest absolute Gasteiger partial charge is 0.350 e. The fourth-order valence-corrected chi connectivity index (χ4v) is 2.75. The molecule has 166 valence electrons. The highest BCUT2D eigenvalue weighted by Gasteiger charge is 2.30. The van der Waals surface area contributed by atoms with E-state index in [0.717, 1.165) is 24.3 Å². The molecular formula is C22H18F4N4O2. The molecule has 32 heavy (non-hydrogen) atoms. The number of hydrogen-bond acceptors (Lipinski definition) is 4. The van der Waals surface area contributed by atoms with Gasteiger partial charge in [0.15, 0.2) is 0 Å². The summed E-state index contributed by atoms with van der Waals surface area (Å²) in [6, 6.07) is 12.6. The molecule has 10 heteroatoms. The van der Waals surface area contributed by atoms with Gasteiger partial charge < -0.3 is 16.0 Å². The number of benzene rings is 2. The largest absolute Gasteiger partial charge is 0.416 e. The van der Waals surface area contributed by atoms with Crippen LogP contribution in [0.4, 0.5) is 29.1 Å². The van der Waals surface area contributed by atoms with Gasteiger partial charge in [0.25, 0.3) is 11.8 Å². The highest BCUT2D eigenvalue weighted by Crippen LogP contribution is 2.29. The molecule has 0 aliphatic carbocycles. The lowest BCUT2D eigenvalue weighted by molar-refractivity contribution is -0.137. The van der Waals surface area contributed by atoms with Crippen molar-refractivity contribution in [2.24, 2.45) is 0 Å². The number of alkyl halides is 3. The van der Waals surface area contributed by atoms with Crippen LogP contribution in [0.1, 0.15) is 26.3 Å². The van der Waals surface area contributed by atoms with Crippen LogP contribution < -0.4 is 16.0 Å². The Morgan fingerprint density at radius 1 is 0.875 bits per heavy atom. The van der Waals surface area contributed by atoms with Gasteiger partial charge in [0.1, 0.15) is 11.6 Å². The first-order valence-corrected chi connectivity index (χ1v) is 9.45. The molecule has 0 saturated heterocycles. The molecule has 0 aliphatic heterocycles. The van der Waals surface area contributed by atoms with Crippen molar-refractivity contribution in [3.8, 4) is 0 Å². The monoisotopic (exact) mass is 446 g/mol. The van der Waals surface area contributed by atoms with E-state index in [-0.39, 0.29) is 30.0 Å². The van der Waals surface area contributed by atoms with E-state index in [1.807, 2.05) is 0 Å². The quantitative estimate of drug-likeness (QED) is 0.376. The summed E-state index contributed by atoms with van der Waals surface area (Å²) >= 11 is 0. The molecule has 1 heterocycles. The molecule has 0 aliphatic rings. The number of amides is 2. The first-order valence-electron chi connectivity index (χ1n) is 9.45. The van der Waals surface area contributed by atoms with E-state index in [2.05, 4.69) is 20.9 Å². The van der Waals surface area contributed by atoms with E-state index in [9.17, 15) is 27.2 Å². The zero-order chi connectivity index (χ0) is 23.1. The van der Waals surface area contributed by atoms with Gasteiger partial charge in [-0.15, -0.1) is 0 Å². The maximum absolute atomic E-state index is 13.4. The van der Waals surface area contributed by atoms with Crippen molar-refractivity contribution >= 4 is 23.3 Å².